The van der Waals surface area contributed by atoms with Gasteiger partial charge in [0, 0.05) is 10.9 Å². The van der Waals surface area contributed by atoms with Gasteiger partial charge in [-0.1, -0.05) is 30.9 Å². The average molecular weight is 153 g/mol. The Morgan fingerprint density at radius 1 is 1.33 bits per heavy atom. The van der Waals surface area contributed by atoms with Crippen molar-refractivity contribution in [2.24, 2.45) is 0 Å². The molecule has 0 saturated heterocycles. The van der Waals surface area contributed by atoms with Crippen molar-refractivity contribution in [3.63, 3.8) is 0 Å². The molecule has 2 heteroatoms. The van der Waals surface area contributed by atoms with E-state index in [0.717, 1.165) is 16.5 Å². The molecule has 56 valence electrons. The van der Waals surface area contributed by atoms with E-state index < -0.39 is 0 Å². The van der Waals surface area contributed by atoms with Crippen LogP contribution in [0.3, 0.4) is 0 Å². The molecule has 0 saturated carbocycles. The summed E-state index contributed by atoms with van der Waals surface area (Å²) < 4.78 is 1.62. The number of aromatic nitrogens is 1. The predicted molar refractivity (Wildman–Crippen MR) is 53.2 cm³/mol. The lowest BCUT2D eigenvalue weighted by atomic mass is 10.2. The second kappa shape index (κ2) is 2.56. The summed E-state index contributed by atoms with van der Waals surface area (Å²) in [7, 11) is 5.72. The second-order valence-corrected chi connectivity index (χ2v) is 2.71. The van der Waals surface area contributed by atoms with E-state index in [2.05, 4.69) is 6.58 Å². The van der Waals surface area contributed by atoms with Crippen molar-refractivity contribution in [2.75, 3.05) is 0 Å². The van der Waals surface area contributed by atoms with Crippen molar-refractivity contribution in [3.8, 4) is 0 Å². The van der Waals surface area contributed by atoms with Gasteiger partial charge < -0.3 is 4.48 Å². The molecule has 0 atom stereocenters. The van der Waals surface area contributed by atoms with Crippen LogP contribution >= 0.6 is 0 Å². The Bertz CT molecular complexity index is 428. The van der Waals surface area contributed by atoms with Gasteiger partial charge in [0.25, 0.3) is 0 Å². The van der Waals surface area contributed by atoms with Crippen LogP contribution in [0.5, 0.6) is 0 Å². The lowest BCUT2D eigenvalue weighted by molar-refractivity contribution is 1.32. The van der Waals surface area contributed by atoms with Gasteiger partial charge in [-0.05, 0) is 17.8 Å². The highest BCUT2D eigenvalue weighted by molar-refractivity contribution is 6.12. The fraction of sp³-hybridized carbons (Fsp3) is 0. The minimum atomic E-state index is 1.03. The van der Waals surface area contributed by atoms with Gasteiger partial charge in [-0.25, -0.2) is 0 Å². The zero-order valence-electron chi connectivity index (χ0n) is 6.70. The lowest BCUT2D eigenvalue weighted by Gasteiger charge is -1.93. The van der Waals surface area contributed by atoms with Gasteiger partial charge in [-0.3, -0.25) is 0 Å². The summed E-state index contributed by atoms with van der Waals surface area (Å²) >= 11 is 0. The molecule has 2 aromatic rings. The highest BCUT2D eigenvalue weighted by Crippen LogP contribution is 2.20. The van der Waals surface area contributed by atoms with Gasteiger partial charge in [0.15, 0.2) is 0 Å². The summed E-state index contributed by atoms with van der Waals surface area (Å²) in [5.74, 6) is 0. The SMILES string of the molecule is [B]n1cc(C=C)c2ccccc21. The summed E-state index contributed by atoms with van der Waals surface area (Å²) in [5.41, 5.74) is 2.11. The first-order valence-electron chi connectivity index (χ1n) is 3.80. The molecule has 0 fully saturated rings. The summed E-state index contributed by atoms with van der Waals surface area (Å²) in [5, 5.41) is 1.15. The first-order valence-corrected chi connectivity index (χ1v) is 3.80. The van der Waals surface area contributed by atoms with Crippen LogP contribution in [0, 0.1) is 0 Å². The summed E-state index contributed by atoms with van der Waals surface area (Å²) in [6, 6.07) is 7.99. The molecule has 0 aliphatic carbocycles. The van der Waals surface area contributed by atoms with Crippen LogP contribution in [-0.2, 0) is 0 Å². The van der Waals surface area contributed by atoms with Crippen molar-refractivity contribution >= 4 is 25.0 Å². The molecule has 0 aliphatic heterocycles. The number of nitrogens with zero attached hydrogens (tertiary/aromatic N) is 1. The van der Waals surface area contributed by atoms with Crippen molar-refractivity contribution in [1.82, 2.24) is 4.48 Å². The Morgan fingerprint density at radius 2 is 2.08 bits per heavy atom. The number of rotatable bonds is 1. The molecule has 1 heterocycles. The van der Waals surface area contributed by atoms with E-state index in [4.69, 9.17) is 7.98 Å². The van der Waals surface area contributed by atoms with Crippen LogP contribution < -0.4 is 0 Å². The van der Waals surface area contributed by atoms with E-state index >= 15 is 0 Å². The van der Waals surface area contributed by atoms with Crippen molar-refractivity contribution in [2.45, 2.75) is 0 Å². The minimum Gasteiger partial charge on any atom is -0.403 e. The molecule has 1 aromatic heterocycles. The largest absolute Gasteiger partial charge is 0.403 e. The quantitative estimate of drug-likeness (QED) is 0.553. The molecule has 2 rings (SSSR count). The molecule has 0 unspecified atom stereocenters. The maximum atomic E-state index is 5.72. The average Bonchev–Trinajstić information content (AvgIpc) is 2.44. The van der Waals surface area contributed by atoms with Crippen LogP contribution in [0.15, 0.2) is 37.0 Å². The third-order valence-corrected chi connectivity index (χ3v) is 1.99. The van der Waals surface area contributed by atoms with Gasteiger partial charge in [0.1, 0.15) is 0 Å². The van der Waals surface area contributed by atoms with Crippen LogP contribution in [0.25, 0.3) is 17.0 Å². The molecular formula is C10H8BN. The Kier molecular flexibility index (Phi) is 1.54. The number of para-hydroxylation sites is 1. The Hall–Kier alpha value is -1.44. The summed E-state index contributed by atoms with van der Waals surface area (Å²) in [4.78, 5) is 0. The molecule has 0 aliphatic rings. The number of hydrogen-bond acceptors (Lipinski definition) is 0. The van der Waals surface area contributed by atoms with Crippen molar-refractivity contribution in [1.29, 1.82) is 0 Å². The topological polar surface area (TPSA) is 4.93 Å². The van der Waals surface area contributed by atoms with E-state index in [1.165, 1.54) is 0 Å². The fourth-order valence-corrected chi connectivity index (χ4v) is 1.39. The molecular weight excluding hydrogens is 145 g/mol. The monoisotopic (exact) mass is 153 g/mol. The highest BCUT2D eigenvalue weighted by Gasteiger charge is 2.00. The van der Waals surface area contributed by atoms with E-state index in [9.17, 15) is 0 Å². The second-order valence-electron chi connectivity index (χ2n) is 2.71. The predicted octanol–water partition coefficient (Wildman–Crippen LogP) is 2.22. The molecule has 0 spiro atoms. The Morgan fingerprint density at radius 3 is 2.83 bits per heavy atom. The van der Waals surface area contributed by atoms with Crippen molar-refractivity contribution in [3.05, 3.63) is 42.6 Å². The zero-order chi connectivity index (χ0) is 8.55. The third-order valence-electron chi connectivity index (χ3n) is 1.99. The maximum absolute atomic E-state index is 5.72. The first-order chi connectivity index (χ1) is 5.83. The number of fused-ring (bicyclic) bond motifs is 1. The molecule has 1 nitrogen and oxygen atoms in total. The first kappa shape index (κ1) is 7.23. The van der Waals surface area contributed by atoms with Crippen LogP contribution in [0.1, 0.15) is 5.56 Å². The fourth-order valence-electron chi connectivity index (χ4n) is 1.39. The molecule has 0 amide bonds. The molecule has 0 bridgehead atoms. The van der Waals surface area contributed by atoms with Gasteiger partial charge in [-0.2, -0.15) is 0 Å². The normalized spacial score (nSPS) is 10.3. The van der Waals surface area contributed by atoms with Gasteiger partial charge in [-0.15, -0.1) is 0 Å². The van der Waals surface area contributed by atoms with Crippen LogP contribution in [0.2, 0.25) is 0 Å². The standard InChI is InChI=1S/C10H8BN/c1-2-8-7-12(11)10-6-4-3-5-9(8)10/h2-7H,1H2. The summed E-state index contributed by atoms with van der Waals surface area (Å²) in [6.45, 7) is 3.73. The van der Waals surface area contributed by atoms with Gasteiger partial charge in [0.2, 0.25) is 7.98 Å². The van der Waals surface area contributed by atoms with Gasteiger partial charge in [0.05, 0.1) is 0 Å². The van der Waals surface area contributed by atoms with Gasteiger partial charge >= 0.3 is 0 Å². The van der Waals surface area contributed by atoms with Crippen molar-refractivity contribution < 1.29 is 0 Å². The molecule has 12 heavy (non-hydrogen) atoms. The van der Waals surface area contributed by atoms with E-state index in [1.807, 2.05) is 36.5 Å². The highest BCUT2D eigenvalue weighted by atomic mass is 14.8. The maximum Gasteiger partial charge on any atom is 0.234 e. The summed E-state index contributed by atoms with van der Waals surface area (Å²) in [6.07, 6.45) is 3.68. The minimum absolute atomic E-state index is 1.03. The number of benzene rings is 1. The number of hydrogen-bond donors (Lipinski definition) is 0. The Balaban J connectivity index is 2.91. The van der Waals surface area contributed by atoms with E-state index in [1.54, 1.807) is 4.48 Å². The smallest absolute Gasteiger partial charge is 0.234 e. The molecule has 2 radical (unpaired) electrons. The lowest BCUT2D eigenvalue weighted by Crippen LogP contribution is -1.85. The molecule has 0 N–H and O–H groups in total. The van der Waals surface area contributed by atoms with Crippen LogP contribution in [0.4, 0.5) is 0 Å². The van der Waals surface area contributed by atoms with Crippen LogP contribution in [-0.4, -0.2) is 12.5 Å². The zero-order valence-corrected chi connectivity index (χ0v) is 6.70. The van der Waals surface area contributed by atoms with E-state index in [-0.39, 0.29) is 0 Å². The third kappa shape index (κ3) is 0.883. The van der Waals surface area contributed by atoms with E-state index in [0.29, 0.717) is 0 Å². The Labute approximate surface area is 72.7 Å². The molecule has 1 aromatic carbocycles.